The van der Waals surface area contributed by atoms with Crippen LogP contribution < -0.4 is 5.32 Å². The van der Waals surface area contributed by atoms with Gasteiger partial charge in [0.1, 0.15) is 0 Å². The molecule has 1 aromatic rings. The number of carboxylic acid groups (broad SMARTS) is 1. The van der Waals surface area contributed by atoms with Crippen LogP contribution in [-0.4, -0.2) is 29.9 Å². The van der Waals surface area contributed by atoms with Crippen LogP contribution >= 0.6 is 11.6 Å². The van der Waals surface area contributed by atoms with Gasteiger partial charge in [0, 0.05) is 17.0 Å². The second-order valence-corrected chi connectivity index (χ2v) is 4.53. The number of hydrogen-bond acceptors (Lipinski definition) is 3. The average Bonchev–Trinajstić information content (AvgIpc) is 2.32. The highest BCUT2D eigenvalue weighted by molar-refractivity contribution is 6.31. The van der Waals surface area contributed by atoms with Gasteiger partial charge in [0.05, 0.1) is 6.04 Å². The quantitative estimate of drug-likeness (QED) is 0.778. The summed E-state index contributed by atoms with van der Waals surface area (Å²) in [7, 11) is 1.64. The van der Waals surface area contributed by atoms with Crippen LogP contribution in [0.4, 0.5) is 0 Å². The van der Waals surface area contributed by atoms with E-state index in [0.717, 1.165) is 5.56 Å². The number of rotatable bonds is 6. The normalized spacial score (nSPS) is 12.2. The number of aliphatic carboxylic acids is 1. The zero-order valence-corrected chi connectivity index (χ0v) is 11.1. The van der Waals surface area contributed by atoms with Crippen LogP contribution in [0.15, 0.2) is 18.2 Å². The Morgan fingerprint density at radius 2 is 2.11 bits per heavy atom. The van der Waals surface area contributed by atoms with E-state index >= 15 is 0 Å². The van der Waals surface area contributed by atoms with Gasteiger partial charge in [0.25, 0.3) is 0 Å². The number of likely N-dealkylation sites (N-methyl/N-ethyl adjacent to an activating group) is 1. The van der Waals surface area contributed by atoms with Crippen molar-refractivity contribution in [3.63, 3.8) is 0 Å². The fraction of sp³-hybridized carbons (Fsp3) is 0.385. The van der Waals surface area contributed by atoms with E-state index in [-0.39, 0.29) is 18.6 Å². The first-order valence-corrected chi connectivity index (χ1v) is 6.03. The summed E-state index contributed by atoms with van der Waals surface area (Å²) in [5.74, 6) is -1.04. The molecule has 0 heterocycles. The number of hydrogen-bond donors (Lipinski definition) is 2. The first kappa shape index (κ1) is 14.7. The maximum Gasteiger partial charge on any atom is 0.303 e. The maximum atomic E-state index is 12.2. The van der Waals surface area contributed by atoms with E-state index < -0.39 is 12.0 Å². The van der Waals surface area contributed by atoms with Crippen molar-refractivity contribution in [2.45, 2.75) is 25.8 Å². The van der Waals surface area contributed by atoms with Gasteiger partial charge in [-0.3, -0.25) is 9.59 Å². The maximum absolute atomic E-state index is 12.2. The van der Waals surface area contributed by atoms with Gasteiger partial charge in [-0.15, -0.1) is 0 Å². The number of ketones is 1. The van der Waals surface area contributed by atoms with Crippen molar-refractivity contribution in [1.82, 2.24) is 5.32 Å². The van der Waals surface area contributed by atoms with E-state index in [2.05, 4.69) is 5.32 Å². The number of aryl methyl sites for hydroxylation is 1. The van der Waals surface area contributed by atoms with Crippen LogP contribution in [0.5, 0.6) is 0 Å². The van der Waals surface area contributed by atoms with Crippen molar-refractivity contribution < 1.29 is 14.7 Å². The van der Waals surface area contributed by atoms with E-state index in [1.165, 1.54) is 0 Å². The van der Waals surface area contributed by atoms with Crippen LogP contribution in [0.2, 0.25) is 5.02 Å². The summed E-state index contributed by atoms with van der Waals surface area (Å²) in [4.78, 5) is 22.8. The third-order valence-electron chi connectivity index (χ3n) is 2.78. The second-order valence-electron chi connectivity index (χ2n) is 4.10. The summed E-state index contributed by atoms with van der Waals surface area (Å²) in [6.07, 6.45) is 0.216. The van der Waals surface area contributed by atoms with Gasteiger partial charge in [0.2, 0.25) is 0 Å². The molecule has 0 aliphatic carbocycles. The molecule has 0 amide bonds. The minimum atomic E-state index is -0.911. The molecule has 0 saturated heterocycles. The van der Waals surface area contributed by atoms with E-state index in [0.29, 0.717) is 10.6 Å². The predicted octanol–water partition coefficient (Wildman–Crippen LogP) is 2.28. The summed E-state index contributed by atoms with van der Waals surface area (Å²) in [5, 5.41) is 12.0. The van der Waals surface area contributed by atoms with Crippen LogP contribution in [0.1, 0.15) is 28.8 Å². The molecule has 2 N–H and O–H groups in total. The number of nitrogens with one attached hydrogen (secondary N) is 1. The van der Waals surface area contributed by atoms with Crippen LogP contribution in [0.25, 0.3) is 0 Å². The van der Waals surface area contributed by atoms with Gasteiger partial charge >= 0.3 is 5.97 Å². The molecular formula is C13H16ClNO3. The third-order valence-corrected chi connectivity index (χ3v) is 3.01. The van der Waals surface area contributed by atoms with Gasteiger partial charge in [-0.05, 0) is 38.1 Å². The van der Waals surface area contributed by atoms with E-state index in [4.69, 9.17) is 16.7 Å². The Morgan fingerprint density at radius 1 is 1.44 bits per heavy atom. The molecule has 0 spiro atoms. The Kier molecular flexibility index (Phi) is 5.31. The van der Waals surface area contributed by atoms with Crippen LogP contribution in [0.3, 0.4) is 0 Å². The van der Waals surface area contributed by atoms with E-state index in [1.54, 1.807) is 25.2 Å². The van der Waals surface area contributed by atoms with Crippen molar-refractivity contribution in [2.24, 2.45) is 0 Å². The second kappa shape index (κ2) is 6.52. The lowest BCUT2D eigenvalue weighted by Gasteiger charge is -2.15. The monoisotopic (exact) mass is 269 g/mol. The summed E-state index contributed by atoms with van der Waals surface area (Å²) >= 11 is 5.87. The number of Topliss-reactive ketones (excluding diaryl/α,β-unsaturated/α-hetero) is 1. The molecule has 1 aromatic carbocycles. The molecule has 98 valence electrons. The van der Waals surface area contributed by atoms with Gasteiger partial charge in [-0.25, -0.2) is 0 Å². The molecule has 0 saturated carbocycles. The molecule has 18 heavy (non-hydrogen) atoms. The van der Waals surface area contributed by atoms with Crippen molar-refractivity contribution >= 4 is 23.4 Å². The topological polar surface area (TPSA) is 66.4 Å². The van der Waals surface area contributed by atoms with Crippen molar-refractivity contribution in [2.75, 3.05) is 7.05 Å². The Labute approximate surface area is 111 Å². The zero-order valence-electron chi connectivity index (χ0n) is 10.4. The fourth-order valence-electron chi connectivity index (χ4n) is 1.72. The summed E-state index contributed by atoms with van der Waals surface area (Å²) < 4.78 is 0. The number of halogens is 1. The summed E-state index contributed by atoms with van der Waals surface area (Å²) in [6.45, 7) is 1.83. The Balaban J connectivity index is 2.89. The molecule has 5 heteroatoms. The average molecular weight is 270 g/mol. The van der Waals surface area contributed by atoms with Gasteiger partial charge in [-0.1, -0.05) is 17.7 Å². The molecule has 0 aliphatic heterocycles. The Hall–Kier alpha value is -1.39. The molecule has 0 fully saturated rings. The molecule has 1 unspecified atom stereocenters. The SMILES string of the molecule is CNC(CCC(=O)O)C(=O)c1cc(Cl)ccc1C. The molecule has 0 aromatic heterocycles. The minimum Gasteiger partial charge on any atom is -0.481 e. The number of carboxylic acids is 1. The molecule has 0 radical (unpaired) electrons. The van der Waals surface area contributed by atoms with Crippen LogP contribution in [0, 0.1) is 6.92 Å². The summed E-state index contributed by atoms with van der Waals surface area (Å²) in [6, 6.07) is 4.61. The van der Waals surface area contributed by atoms with Crippen LogP contribution in [-0.2, 0) is 4.79 Å². The van der Waals surface area contributed by atoms with E-state index in [1.807, 2.05) is 6.92 Å². The fourth-order valence-corrected chi connectivity index (χ4v) is 1.89. The molecule has 4 nitrogen and oxygen atoms in total. The largest absolute Gasteiger partial charge is 0.481 e. The highest BCUT2D eigenvalue weighted by atomic mass is 35.5. The Morgan fingerprint density at radius 3 is 2.67 bits per heavy atom. The lowest BCUT2D eigenvalue weighted by molar-refractivity contribution is -0.137. The molecule has 0 bridgehead atoms. The van der Waals surface area contributed by atoms with Gasteiger partial charge in [0.15, 0.2) is 5.78 Å². The van der Waals surface area contributed by atoms with Gasteiger partial charge < -0.3 is 10.4 Å². The third kappa shape index (κ3) is 3.82. The molecule has 1 atom stereocenters. The first-order chi connectivity index (χ1) is 8.45. The zero-order chi connectivity index (χ0) is 13.7. The number of carbonyl (C=O) groups excluding carboxylic acids is 1. The number of benzene rings is 1. The minimum absolute atomic E-state index is 0.0448. The van der Waals surface area contributed by atoms with Crippen molar-refractivity contribution in [1.29, 1.82) is 0 Å². The standard InChI is InChI=1S/C13H16ClNO3/c1-8-3-4-9(14)7-10(8)13(18)11(15-2)5-6-12(16)17/h3-4,7,11,15H,5-6H2,1-2H3,(H,16,17). The van der Waals surface area contributed by atoms with Crippen molar-refractivity contribution in [3.05, 3.63) is 34.3 Å². The highest BCUT2D eigenvalue weighted by Gasteiger charge is 2.20. The summed E-state index contributed by atoms with van der Waals surface area (Å²) in [5.41, 5.74) is 1.37. The molecular weight excluding hydrogens is 254 g/mol. The number of carbonyl (C=O) groups is 2. The lowest BCUT2D eigenvalue weighted by atomic mass is 9.97. The molecule has 1 rings (SSSR count). The van der Waals surface area contributed by atoms with Gasteiger partial charge in [-0.2, -0.15) is 0 Å². The lowest BCUT2D eigenvalue weighted by Crippen LogP contribution is -2.35. The molecule has 0 aliphatic rings. The van der Waals surface area contributed by atoms with E-state index in [9.17, 15) is 9.59 Å². The first-order valence-electron chi connectivity index (χ1n) is 5.65. The highest BCUT2D eigenvalue weighted by Crippen LogP contribution is 2.18. The predicted molar refractivity (Wildman–Crippen MR) is 70.2 cm³/mol. The Bertz CT molecular complexity index is 460. The smallest absolute Gasteiger partial charge is 0.303 e. The van der Waals surface area contributed by atoms with Crippen molar-refractivity contribution in [3.8, 4) is 0 Å².